The topological polar surface area (TPSA) is 20.2 Å². The van der Waals surface area contributed by atoms with E-state index < -0.39 is 12.5 Å². The van der Waals surface area contributed by atoms with Crippen molar-refractivity contribution in [1.29, 1.82) is 0 Å². The molecule has 0 radical (unpaired) electrons. The zero-order valence-electron chi connectivity index (χ0n) is 10.2. The van der Waals surface area contributed by atoms with Gasteiger partial charge in [0.15, 0.2) is 0 Å². The first kappa shape index (κ1) is 5.36. The molecule has 1 nitrogen and oxygen atoms in total. The molecule has 0 aromatic carbocycles. The molecule has 0 spiro atoms. The molecule has 1 aliphatic rings. The van der Waals surface area contributed by atoms with Gasteiger partial charge in [0, 0.05) is 4.11 Å². The predicted octanol–water partition coefficient (Wildman–Crippen LogP) is 2.50. The number of hydrogen-bond donors (Lipinski definition) is 1. The Labute approximate surface area is 73.3 Å². The summed E-state index contributed by atoms with van der Waals surface area (Å²) >= 11 is 0. The quantitative estimate of drug-likeness (QED) is 0.580. The van der Waals surface area contributed by atoms with E-state index in [4.69, 9.17) is 4.11 Å². The molecule has 1 aliphatic carbocycles. The smallest absolute Gasteiger partial charge is 0.0622 e. The Bertz CT molecular complexity index is 235. The molecule has 1 heteroatoms. The lowest BCUT2D eigenvalue weighted by Gasteiger charge is -2.31. The summed E-state index contributed by atoms with van der Waals surface area (Å²) in [5.41, 5.74) is -0.144. The van der Waals surface area contributed by atoms with Crippen LogP contribution in [0.4, 0.5) is 0 Å². The van der Waals surface area contributed by atoms with E-state index in [9.17, 15) is 5.11 Å². The molecule has 0 aromatic heterocycles. The van der Waals surface area contributed by atoms with Gasteiger partial charge in [0.2, 0.25) is 0 Å². The lowest BCUT2D eigenvalue weighted by atomic mass is 9.80. The summed E-state index contributed by atoms with van der Waals surface area (Å²) in [6, 6.07) is 0. The molecule has 0 amide bonds. The summed E-state index contributed by atoms with van der Waals surface area (Å²) in [4.78, 5) is 0. The zero-order valence-corrected chi connectivity index (χ0v) is 7.22. The van der Waals surface area contributed by atoms with Crippen molar-refractivity contribution in [2.45, 2.75) is 45.6 Å². The van der Waals surface area contributed by atoms with Gasteiger partial charge in [0.05, 0.1) is 5.60 Å². The number of hydrogen-bond acceptors (Lipinski definition) is 1. The van der Waals surface area contributed by atoms with Crippen molar-refractivity contribution in [2.24, 2.45) is 5.92 Å². The molecule has 0 bridgehead atoms. The molecule has 64 valence electrons. The fourth-order valence-corrected chi connectivity index (χ4v) is 1.48. The summed E-state index contributed by atoms with van der Waals surface area (Å²) in [5, 5.41) is 9.76. The van der Waals surface area contributed by atoms with Crippen LogP contribution < -0.4 is 0 Å². The van der Waals surface area contributed by atoms with E-state index in [1.807, 2.05) is 0 Å². The standard InChI is InChI=1S/C10H18O/c1-8-4-6-9(7-5-8)10(2,3)11/h4,9,11H,5-7H2,1-3H3/i1D3. The molecule has 1 N–H and O–H groups in total. The van der Waals surface area contributed by atoms with Gasteiger partial charge < -0.3 is 5.11 Å². The van der Waals surface area contributed by atoms with Crippen LogP contribution in [0.25, 0.3) is 0 Å². The van der Waals surface area contributed by atoms with Crippen LogP contribution in [0.5, 0.6) is 0 Å². The Hall–Kier alpha value is -0.300. The monoisotopic (exact) mass is 157 g/mol. The second-order valence-electron chi connectivity index (χ2n) is 3.85. The third-order valence-corrected chi connectivity index (χ3v) is 2.41. The highest BCUT2D eigenvalue weighted by atomic mass is 16.3. The van der Waals surface area contributed by atoms with E-state index in [-0.39, 0.29) is 5.92 Å². The van der Waals surface area contributed by atoms with Gasteiger partial charge in [-0.05, 0) is 45.9 Å². The van der Waals surface area contributed by atoms with Crippen molar-refractivity contribution in [1.82, 2.24) is 0 Å². The fourth-order valence-electron chi connectivity index (χ4n) is 1.48. The van der Waals surface area contributed by atoms with Crippen LogP contribution in [-0.4, -0.2) is 10.7 Å². The molecular weight excluding hydrogens is 136 g/mol. The second-order valence-corrected chi connectivity index (χ2v) is 3.85. The van der Waals surface area contributed by atoms with Crippen LogP contribution in [0.1, 0.15) is 44.1 Å². The van der Waals surface area contributed by atoms with Crippen molar-refractivity contribution >= 4 is 0 Å². The summed E-state index contributed by atoms with van der Waals surface area (Å²) in [7, 11) is 0. The first-order chi connectivity index (χ1) is 6.21. The molecule has 0 fully saturated rings. The Kier molecular flexibility index (Phi) is 1.45. The minimum atomic E-state index is -1.94. The molecule has 1 unspecified atom stereocenters. The maximum absolute atomic E-state index is 9.76. The van der Waals surface area contributed by atoms with Crippen molar-refractivity contribution in [3.8, 4) is 0 Å². The molecule has 0 aromatic rings. The lowest BCUT2D eigenvalue weighted by molar-refractivity contribution is 0.0126. The van der Waals surface area contributed by atoms with Gasteiger partial charge in [-0.25, -0.2) is 0 Å². The molecule has 0 aliphatic heterocycles. The van der Waals surface area contributed by atoms with Gasteiger partial charge in [-0.2, -0.15) is 0 Å². The highest BCUT2D eigenvalue weighted by Gasteiger charge is 2.27. The summed E-state index contributed by atoms with van der Waals surface area (Å²) in [6.07, 6.45) is 3.81. The van der Waals surface area contributed by atoms with Crippen LogP contribution >= 0.6 is 0 Å². The zero-order chi connectivity index (χ0) is 11.0. The second kappa shape index (κ2) is 2.98. The predicted molar refractivity (Wildman–Crippen MR) is 47.4 cm³/mol. The van der Waals surface area contributed by atoms with Gasteiger partial charge in [-0.15, -0.1) is 0 Å². The Morgan fingerprint density at radius 1 is 1.73 bits per heavy atom. The highest BCUT2D eigenvalue weighted by Crippen LogP contribution is 2.31. The SMILES string of the molecule is [2H]C([2H])([2H])C1=CCC(C(C)(C)O)CC1. The number of aliphatic hydroxyl groups is 1. The van der Waals surface area contributed by atoms with E-state index in [1.165, 1.54) is 0 Å². The van der Waals surface area contributed by atoms with Crippen LogP contribution in [-0.2, 0) is 0 Å². The number of allylic oxidation sites excluding steroid dienone is 2. The Balaban J connectivity index is 2.65. The fraction of sp³-hybridized carbons (Fsp3) is 0.800. The molecule has 0 saturated carbocycles. The van der Waals surface area contributed by atoms with Gasteiger partial charge in [0.1, 0.15) is 0 Å². The maximum atomic E-state index is 9.76. The third kappa shape index (κ3) is 2.33. The van der Waals surface area contributed by atoms with Crippen molar-refractivity contribution in [3.05, 3.63) is 11.6 Å². The van der Waals surface area contributed by atoms with E-state index in [2.05, 4.69) is 0 Å². The largest absolute Gasteiger partial charge is 0.390 e. The average molecular weight is 157 g/mol. The van der Waals surface area contributed by atoms with E-state index in [0.717, 1.165) is 6.42 Å². The van der Waals surface area contributed by atoms with E-state index in [0.29, 0.717) is 18.4 Å². The Morgan fingerprint density at radius 2 is 2.45 bits per heavy atom. The van der Waals surface area contributed by atoms with Gasteiger partial charge in [-0.1, -0.05) is 11.6 Å². The summed E-state index contributed by atoms with van der Waals surface area (Å²) in [6.45, 7) is 1.63. The van der Waals surface area contributed by atoms with Crippen molar-refractivity contribution < 1.29 is 9.22 Å². The Morgan fingerprint density at radius 3 is 2.82 bits per heavy atom. The minimum Gasteiger partial charge on any atom is -0.390 e. The molecule has 11 heavy (non-hydrogen) atoms. The van der Waals surface area contributed by atoms with Crippen LogP contribution in [0, 0.1) is 5.92 Å². The van der Waals surface area contributed by atoms with Crippen molar-refractivity contribution in [3.63, 3.8) is 0 Å². The molecule has 1 rings (SSSR count). The lowest BCUT2D eigenvalue weighted by Crippen LogP contribution is -2.31. The summed E-state index contributed by atoms with van der Waals surface area (Å²) < 4.78 is 21.8. The van der Waals surface area contributed by atoms with Crippen molar-refractivity contribution in [2.75, 3.05) is 0 Å². The first-order valence-electron chi connectivity index (χ1n) is 5.63. The van der Waals surface area contributed by atoms with Gasteiger partial charge in [0.25, 0.3) is 0 Å². The maximum Gasteiger partial charge on any atom is 0.0622 e. The van der Waals surface area contributed by atoms with E-state index in [1.54, 1.807) is 19.9 Å². The first-order valence-corrected chi connectivity index (χ1v) is 4.13. The van der Waals surface area contributed by atoms with Crippen LogP contribution in [0.2, 0.25) is 0 Å². The summed E-state index contributed by atoms with van der Waals surface area (Å²) in [5.74, 6) is 0.189. The highest BCUT2D eigenvalue weighted by molar-refractivity contribution is 5.04. The molecule has 0 heterocycles. The van der Waals surface area contributed by atoms with E-state index >= 15 is 0 Å². The third-order valence-electron chi connectivity index (χ3n) is 2.41. The molecular formula is C10H18O. The van der Waals surface area contributed by atoms with Crippen LogP contribution in [0.15, 0.2) is 11.6 Å². The van der Waals surface area contributed by atoms with Gasteiger partial charge in [-0.3, -0.25) is 0 Å². The average Bonchev–Trinajstić information content (AvgIpc) is 2.01. The van der Waals surface area contributed by atoms with Crippen LogP contribution in [0.3, 0.4) is 0 Å². The van der Waals surface area contributed by atoms with Gasteiger partial charge >= 0.3 is 0 Å². The molecule has 0 saturated heterocycles. The minimum absolute atomic E-state index is 0.189. The molecule has 1 atom stereocenters. The number of rotatable bonds is 1. The normalized spacial score (nSPS) is 31.7.